The van der Waals surface area contributed by atoms with E-state index in [-0.39, 0.29) is 12.0 Å². The third-order valence-electron chi connectivity index (χ3n) is 4.30. The highest BCUT2D eigenvalue weighted by atomic mass is 32.1. The average Bonchev–Trinajstić information content (AvgIpc) is 3.33. The van der Waals surface area contributed by atoms with Gasteiger partial charge in [0.25, 0.3) is 0 Å². The Balaban J connectivity index is 1.60. The maximum absolute atomic E-state index is 5.39. The molecule has 1 saturated heterocycles. The Hall–Kier alpha value is -2.21. The van der Waals surface area contributed by atoms with Gasteiger partial charge in [-0.25, -0.2) is 4.98 Å². The van der Waals surface area contributed by atoms with Gasteiger partial charge in [-0.15, -0.1) is 0 Å². The smallest absolute Gasteiger partial charge is 0.229 e. The first kappa shape index (κ1) is 15.3. The zero-order valence-corrected chi connectivity index (χ0v) is 14.7. The fraction of sp³-hybridized carbons (Fsp3) is 0.389. The number of nitrogens with zero attached hydrogens (tertiary/aromatic N) is 4. The van der Waals surface area contributed by atoms with Crippen LogP contribution in [0.3, 0.4) is 0 Å². The number of hydrogen-bond acceptors (Lipinski definition) is 6. The Bertz CT molecular complexity index is 811. The van der Waals surface area contributed by atoms with Crippen molar-refractivity contribution in [2.24, 2.45) is 0 Å². The third kappa shape index (κ3) is 2.82. The van der Waals surface area contributed by atoms with Gasteiger partial charge in [-0.05, 0) is 18.4 Å². The molecule has 1 aliphatic heterocycles. The van der Waals surface area contributed by atoms with E-state index in [0.29, 0.717) is 5.89 Å². The van der Waals surface area contributed by atoms with Crippen molar-refractivity contribution in [3.8, 4) is 10.4 Å². The number of rotatable bonds is 4. The predicted octanol–water partition coefficient (Wildman–Crippen LogP) is 4.66. The molecule has 0 radical (unpaired) electrons. The molecule has 1 aliphatic rings. The molecule has 1 fully saturated rings. The number of aromatic nitrogens is 3. The molecular formula is C18H20N4OS. The molecule has 0 saturated carbocycles. The second-order valence-corrected chi connectivity index (χ2v) is 7.38. The van der Waals surface area contributed by atoms with Gasteiger partial charge in [0.15, 0.2) is 11.0 Å². The second kappa shape index (κ2) is 6.36. The van der Waals surface area contributed by atoms with E-state index in [1.165, 1.54) is 10.4 Å². The van der Waals surface area contributed by atoms with Gasteiger partial charge in [-0.3, -0.25) is 0 Å². The summed E-state index contributed by atoms with van der Waals surface area (Å²) in [5.41, 5.74) is 1.21. The van der Waals surface area contributed by atoms with E-state index in [4.69, 9.17) is 4.52 Å². The zero-order valence-electron chi connectivity index (χ0n) is 13.8. The first-order valence-corrected chi connectivity index (χ1v) is 9.15. The van der Waals surface area contributed by atoms with Crippen LogP contribution in [0.5, 0.6) is 0 Å². The molecule has 0 spiro atoms. The SMILES string of the molecule is CC(C)c1nc(C2CCCN2c2ncc(-c3ccccc3)s2)no1. The Kier molecular flexibility index (Phi) is 4.06. The van der Waals surface area contributed by atoms with Crippen LogP contribution < -0.4 is 4.90 Å². The quantitative estimate of drug-likeness (QED) is 0.691. The summed E-state index contributed by atoms with van der Waals surface area (Å²) in [6.07, 6.45) is 4.12. The van der Waals surface area contributed by atoms with Gasteiger partial charge in [0.05, 0.1) is 10.9 Å². The lowest BCUT2D eigenvalue weighted by atomic mass is 10.2. The van der Waals surface area contributed by atoms with E-state index >= 15 is 0 Å². The van der Waals surface area contributed by atoms with Gasteiger partial charge < -0.3 is 9.42 Å². The molecule has 1 atom stereocenters. The van der Waals surface area contributed by atoms with Gasteiger partial charge in [0, 0.05) is 18.7 Å². The highest BCUT2D eigenvalue weighted by Crippen LogP contribution is 2.39. The third-order valence-corrected chi connectivity index (χ3v) is 5.38. The fourth-order valence-corrected chi connectivity index (χ4v) is 4.01. The van der Waals surface area contributed by atoms with Crippen molar-refractivity contribution in [2.45, 2.75) is 38.6 Å². The van der Waals surface area contributed by atoms with Crippen LogP contribution in [0, 0.1) is 0 Å². The van der Waals surface area contributed by atoms with E-state index in [1.54, 1.807) is 11.3 Å². The number of hydrogen-bond donors (Lipinski definition) is 0. The average molecular weight is 340 g/mol. The molecule has 0 bridgehead atoms. The van der Waals surface area contributed by atoms with Crippen molar-refractivity contribution in [1.82, 2.24) is 15.1 Å². The van der Waals surface area contributed by atoms with Crippen LogP contribution in [0.15, 0.2) is 41.1 Å². The summed E-state index contributed by atoms with van der Waals surface area (Å²) in [6.45, 7) is 5.12. The molecule has 124 valence electrons. The lowest BCUT2D eigenvalue weighted by molar-refractivity contribution is 0.358. The molecule has 0 aliphatic carbocycles. The fourth-order valence-electron chi connectivity index (χ4n) is 3.01. The highest BCUT2D eigenvalue weighted by Gasteiger charge is 2.32. The molecule has 0 N–H and O–H groups in total. The highest BCUT2D eigenvalue weighted by molar-refractivity contribution is 7.18. The Morgan fingerprint density at radius 1 is 1.25 bits per heavy atom. The summed E-state index contributed by atoms with van der Waals surface area (Å²) >= 11 is 1.72. The van der Waals surface area contributed by atoms with Gasteiger partial charge >= 0.3 is 0 Å². The molecule has 3 heterocycles. The summed E-state index contributed by atoms with van der Waals surface area (Å²) in [6, 6.07) is 10.5. The zero-order chi connectivity index (χ0) is 16.5. The van der Waals surface area contributed by atoms with Gasteiger partial charge in [-0.2, -0.15) is 4.98 Å². The van der Waals surface area contributed by atoms with Crippen molar-refractivity contribution in [2.75, 3.05) is 11.4 Å². The molecule has 24 heavy (non-hydrogen) atoms. The molecule has 5 nitrogen and oxygen atoms in total. The number of anilines is 1. The Morgan fingerprint density at radius 3 is 2.83 bits per heavy atom. The first-order chi connectivity index (χ1) is 11.7. The Morgan fingerprint density at radius 2 is 2.08 bits per heavy atom. The minimum atomic E-state index is 0.163. The van der Waals surface area contributed by atoms with Gasteiger partial charge in [0.2, 0.25) is 5.89 Å². The van der Waals surface area contributed by atoms with Gasteiger partial charge in [-0.1, -0.05) is 60.7 Å². The number of benzene rings is 1. The first-order valence-electron chi connectivity index (χ1n) is 8.34. The normalized spacial score (nSPS) is 17.8. The number of thiazole rings is 1. The maximum atomic E-state index is 5.39. The van der Waals surface area contributed by atoms with E-state index in [1.807, 2.05) is 12.3 Å². The molecule has 4 rings (SSSR count). The summed E-state index contributed by atoms with van der Waals surface area (Å²) in [7, 11) is 0. The van der Waals surface area contributed by atoms with Crippen LogP contribution in [-0.2, 0) is 0 Å². The van der Waals surface area contributed by atoms with E-state index in [0.717, 1.165) is 30.3 Å². The van der Waals surface area contributed by atoms with Crippen LogP contribution in [0.25, 0.3) is 10.4 Å². The van der Waals surface area contributed by atoms with Crippen LogP contribution >= 0.6 is 11.3 Å². The summed E-state index contributed by atoms with van der Waals surface area (Å²) in [5, 5.41) is 5.24. The minimum absolute atomic E-state index is 0.163. The lowest BCUT2D eigenvalue weighted by Gasteiger charge is -2.20. The van der Waals surface area contributed by atoms with Crippen molar-refractivity contribution < 1.29 is 4.52 Å². The van der Waals surface area contributed by atoms with Crippen LogP contribution in [0.4, 0.5) is 5.13 Å². The Labute approximate surface area is 145 Å². The molecule has 1 aromatic carbocycles. The molecular weight excluding hydrogens is 320 g/mol. The van der Waals surface area contributed by atoms with Crippen molar-refractivity contribution in [3.63, 3.8) is 0 Å². The topological polar surface area (TPSA) is 55.1 Å². The minimum Gasteiger partial charge on any atom is -0.339 e. The maximum Gasteiger partial charge on any atom is 0.229 e. The molecule has 3 aromatic rings. The lowest BCUT2D eigenvalue weighted by Crippen LogP contribution is -2.23. The molecule has 0 amide bonds. The summed E-state index contributed by atoms with van der Waals surface area (Å²) in [4.78, 5) is 12.7. The summed E-state index contributed by atoms with van der Waals surface area (Å²) < 4.78 is 5.39. The predicted molar refractivity (Wildman–Crippen MR) is 95.3 cm³/mol. The van der Waals surface area contributed by atoms with Crippen molar-refractivity contribution in [3.05, 3.63) is 48.2 Å². The van der Waals surface area contributed by atoms with Crippen LogP contribution in [0.1, 0.15) is 50.4 Å². The molecule has 2 aromatic heterocycles. The van der Waals surface area contributed by atoms with Crippen molar-refractivity contribution >= 4 is 16.5 Å². The standard InChI is InChI=1S/C18H20N4OS/c1-12(2)17-20-16(21-23-17)14-9-6-10-22(14)18-19-11-15(24-18)13-7-4-3-5-8-13/h3-5,7-8,11-12,14H,6,9-10H2,1-2H3. The van der Waals surface area contributed by atoms with Crippen LogP contribution in [0.2, 0.25) is 0 Å². The monoisotopic (exact) mass is 340 g/mol. The van der Waals surface area contributed by atoms with E-state index in [9.17, 15) is 0 Å². The van der Waals surface area contributed by atoms with E-state index < -0.39 is 0 Å². The van der Waals surface area contributed by atoms with Gasteiger partial charge in [0.1, 0.15) is 0 Å². The molecule has 1 unspecified atom stereocenters. The largest absolute Gasteiger partial charge is 0.339 e. The van der Waals surface area contributed by atoms with Crippen molar-refractivity contribution in [1.29, 1.82) is 0 Å². The molecule has 6 heteroatoms. The summed E-state index contributed by atoms with van der Waals surface area (Å²) in [5.74, 6) is 1.75. The second-order valence-electron chi connectivity index (χ2n) is 6.37. The van der Waals surface area contributed by atoms with E-state index in [2.05, 4.69) is 58.1 Å². The van der Waals surface area contributed by atoms with Crippen LogP contribution in [-0.4, -0.2) is 21.7 Å².